The fourth-order valence-electron chi connectivity index (χ4n) is 7.62. The molecular formula is C27H35N7O4. The normalized spacial score (nSPS) is 36.2. The molecule has 2 fully saturated rings. The van der Waals surface area contributed by atoms with E-state index >= 15 is 0 Å². The van der Waals surface area contributed by atoms with Crippen molar-refractivity contribution in [3.8, 4) is 0 Å². The van der Waals surface area contributed by atoms with Crippen LogP contribution in [0.3, 0.4) is 0 Å². The fourth-order valence-corrected chi connectivity index (χ4v) is 7.62. The summed E-state index contributed by atoms with van der Waals surface area (Å²) < 4.78 is 0. The largest absolute Gasteiger partial charge is 0.388 e. The number of nitrogens with two attached hydrogens (primary N) is 1. The lowest BCUT2D eigenvalue weighted by atomic mass is 9.51. The summed E-state index contributed by atoms with van der Waals surface area (Å²) >= 11 is 0. The van der Waals surface area contributed by atoms with Gasteiger partial charge in [0.15, 0.2) is 0 Å². The molecule has 0 aromatic rings. The minimum atomic E-state index is -0.982. The first-order valence-electron chi connectivity index (χ1n) is 13.5. The summed E-state index contributed by atoms with van der Waals surface area (Å²) in [6.45, 7) is 1.02. The Balaban J connectivity index is 1.24. The Kier molecular flexibility index (Phi) is 7.63. The lowest BCUT2D eigenvalue weighted by Crippen LogP contribution is -2.62. The number of rotatable bonds is 7. The first-order valence-corrected chi connectivity index (χ1v) is 13.5. The number of nitrogens with zero attached hydrogens (tertiary/aromatic N) is 4. The maximum atomic E-state index is 12.9. The molecule has 0 saturated heterocycles. The van der Waals surface area contributed by atoms with Crippen molar-refractivity contribution in [3.63, 3.8) is 0 Å². The van der Waals surface area contributed by atoms with Crippen LogP contribution in [0.2, 0.25) is 0 Å². The number of aliphatic hydroxyl groups is 1. The number of fused-ring (bicyclic) bond motifs is 5. The van der Waals surface area contributed by atoms with E-state index in [0.717, 1.165) is 38.6 Å². The minimum absolute atomic E-state index is 0.127. The first kappa shape index (κ1) is 26.5. The van der Waals surface area contributed by atoms with Crippen molar-refractivity contribution >= 4 is 11.8 Å². The highest BCUT2D eigenvalue weighted by Crippen LogP contribution is 2.58. The molecule has 0 radical (unpaired) electrons. The number of aliphatic hydroxyl groups excluding tert-OH is 1. The predicted octanol–water partition coefficient (Wildman–Crippen LogP) is 2.41. The van der Waals surface area contributed by atoms with Crippen LogP contribution in [0, 0.1) is 40.4 Å². The molecule has 0 aromatic heterocycles. The molecule has 0 spiro atoms. The molecule has 8 atom stereocenters. The van der Waals surface area contributed by atoms with E-state index in [1.165, 1.54) is 11.1 Å². The van der Waals surface area contributed by atoms with E-state index in [0.29, 0.717) is 29.9 Å². The number of carbonyl (C=O) groups excluding carboxylic acids is 2. The van der Waals surface area contributed by atoms with E-state index < -0.39 is 17.9 Å². The Hall–Kier alpha value is -3.11. The van der Waals surface area contributed by atoms with Gasteiger partial charge < -0.3 is 21.5 Å². The third-order valence-corrected chi connectivity index (χ3v) is 9.42. The Bertz CT molecular complexity index is 1170. The van der Waals surface area contributed by atoms with Gasteiger partial charge in [-0.1, -0.05) is 35.5 Å². The SMILES string of the molecule is [N-]=[N+]=NCC(CNC(=O)C1=CC2CC[C@@]3(N)C4CC=C(C5=CC(O)CNC5)C4CCC3C2C=C1)C(=O)N=O. The molecule has 5 N–H and O–H groups in total. The van der Waals surface area contributed by atoms with Crippen LogP contribution in [0.5, 0.6) is 0 Å². The van der Waals surface area contributed by atoms with E-state index in [9.17, 15) is 19.6 Å². The van der Waals surface area contributed by atoms with Crippen molar-refractivity contribution < 1.29 is 14.7 Å². The molecule has 4 aliphatic carbocycles. The second kappa shape index (κ2) is 10.9. The summed E-state index contributed by atoms with van der Waals surface area (Å²) in [4.78, 5) is 37.8. The lowest BCUT2D eigenvalue weighted by Gasteiger charge is -2.56. The number of hydrogen-bond acceptors (Lipinski definition) is 7. The molecule has 202 valence electrons. The molecule has 38 heavy (non-hydrogen) atoms. The average Bonchev–Trinajstić information content (AvgIpc) is 3.37. The van der Waals surface area contributed by atoms with Crippen molar-refractivity contribution in [3.05, 3.63) is 62.4 Å². The minimum Gasteiger partial charge on any atom is -0.388 e. The van der Waals surface area contributed by atoms with Gasteiger partial charge in [0.25, 0.3) is 11.8 Å². The highest BCUT2D eigenvalue weighted by atomic mass is 16.3. The number of β-amino-alcohol motifs (C(OH)–C–C–N with tert-alkyl or cyclic N) is 1. The standard InChI is InChI=1S/C27H35N7O4/c28-27-8-7-15-9-16(25(36)31-12-18(13-32-34-29)26(37)33-38)1-2-21(15)23(27)6-4-22-20(3-5-24(22)27)17-10-19(35)14-30-11-17/h1-3,9-10,15,18-19,21-24,30,35H,4-8,11-14,28H2,(H,31,36)/t15?,18?,19?,21?,22?,23?,24?,27-/m0/s1. The molecule has 1 heterocycles. The highest BCUT2D eigenvalue weighted by molar-refractivity contribution is 5.96. The van der Waals surface area contributed by atoms with Gasteiger partial charge in [0, 0.05) is 47.4 Å². The number of amides is 2. The van der Waals surface area contributed by atoms with Gasteiger partial charge in [0.05, 0.1) is 12.0 Å². The molecule has 11 heteroatoms. The van der Waals surface area contributed by atoms with Gasteiger partial charge in [-0.3, -0.25) is 9.59 Å². The molecular weight excluding hydrogens is 486 g/mol. The van der Waals surface area contributed by atoms with Crippen molar-refractivity contribution in [1.29, 1.82) is 0 Å². The number of nitroso groups, excluding NO2 is 1. The Morgan fingerprint density at radius 2 is 2.13 bits per heavy atom. The molecule has 2 amide bonds. The van der Waals surface area contributed by atoms with Crippen LogP contribution in [-0.2, 0) is 9.59 Å². The van der Waals surface area contributed by atoms with Gasteiger partial charge >= 0.3 is 0 Å². The molecule has 1 aliphatic heterocycles. The Morgan fingerprint density at radius 3 is 2.89 bits per heavy atom. The van der Waals surface area contributed by atoms with E-state index in [1.54, 1.807) is 0 Å². The summed E-state index contributed by atoms with van der Waals surface area (Å²) in [6.07, 6.45) is 14.8. The second-order valence-corrected chi connectivity index (χ2v) is 11.3. The topological polar surface area (TPSA) is 183 Å². The molecule has 11 nitrogen and oxygen atoms in total. The van der Waals surface area contributed by atoms with Gasteiger partial charge in [-0.05, 0) is 78.4 Å². The van der Waals surface area contributed by atoms with Crippen molar-refractivity contribution in [2.45, 2.75) is 43.7 Å². The molecule has 2 saturated carbocycles. The average molecular weight is 522 g/mol. The van der Waals surface area contributed by atoms with Crippen LogP contribution < -0.4 is 16.4 Å². The smallest absolute Gasteiger partial charge is 0.291 e. The monoisotopic (exact) mass is 521 g/mol. The van der Waals surface area contributed by atoms with Crippen LogP contribution in [0.4, 0.5) is 0 Å². The van der Waals surface area contributed by atoms with Crippen molar-refractivity contribution in [2.75, 3.05) is 26.2 Å². The van der Waals surface area contributed by atoms with Crippen LogP contribution in [0.15, 0.2) is 57.4 Å². The van der Waals surface area contributed by atoms with E-state index in [-0.39, 0.29) is 36.4 Å². The molecule has 0 aromatic carbocycles. The third kappa shape index (κ3) is 4.87. The van der Waals surface area contributed by atoms with Gasteiger partial charge in [0.2, 0.25) is 0 Å². The van der Waals surface area contributed by atoms with Gasteiger partial charge in [-0.2, -0.15) is 0 Å². The quantitative estimate of drug-likeness (QED) is 0.173. The Morgan fingerprint density at radius 1 is 1.29 bits per heavy atom. The van der Waals surface area contributed by atoms with Crippen LogP contribution >= 0.6 is 0 Å². The lowest BCUT2D eigenvalue weighted by molar-refractivity contribution is -0.122. The van der Waals surface area contributed by atoms with Gasteiger partial charge in [-0.15, -0.1) is 4.91 Å². The summed E-state index contributed by atoms with van der Waals surface area (Å²) in [5.74, 6) is -0.639. The molecule has 5 aliphatic rings. The number of nitrogens with one attached hydrogen (secondary N) is 2. The number of hydrogen-bond donors (Lipinski definition) is 4. The highest BCUT2D eigenvalue weighted by Gasteiger charge is 2.56. The van der Waals surface area contributed by atoms with E-state index in [4.69, 9.17) is 11.3 Å². The van der Waals surface area contributed by atoms with Crippen molar-refractivity contribution in [2.24, 2.45) is 51.5 Å². The number of allylic oxidation sites excluding steroid dienone is 3. The van der Waals surface area contributed by atoms with Crippen LogP contribution in [-0.4, -0.2) is 54.7 Å². The maximum absolute atomic E-state index is 12.9. The van der Waals surface area contributed by atoms with Gasteiger partial charge in [-0.25, -0.2) is 0 Å². The number of azide groups is 1. The Labute approximate surface area is 221 Å². The zero-order valence-corrected chi connectivity index (χ0v) is 21.3. The predicted molar refractivity (Wildman–Crippen MR) is 141 cm³/mol. The van der Waals surface area contributed by atoms with E-state index in [1.807, 2.05) is 18.2 Å². The number of carbonyl (C=O) groups is 2. The van der Waals surface area contributed by atoms with Crippen LogP contribution in [0.25, 0.3) is 10.4 Å². The summed E-state index contributed by atoms with van der Waals surface area (Å²) in [5, 5.41) is 21.8. The molecule has 7 unspecified atom stereocenters. The summed E-state index contributed by atoms with van der Waals surface area (Å²) in [6, 6.07) is 0. The first-order chi connectivity index (χ1) is 18.4. The van der Waals surface area contributed by atoms with Crippen LogP contribution in [0.1, 0.15) is 32.1 Å². The second-order valence-electron chi connectivity index (χ2n) is 11.3. The fraction of sp³-hybridized carbons (Fsp3) is 0.630. The molecule has 5 rings (SSSR count). The van der Waals surface area contributed by atoms with E-state index in [2.05, 4.69) is 38.0 Å². The maximum Gasteiger partial charge on any atom is 0.291 e. The summed E-state index contributed by atoms with van der Waals surface area (Å²) in [7, 11) is 0. The van der Waals surface area contributed by atoms with Gasteiger partial charge in [0.1, 0.15) is 0 Å². The third-order valence-electron chi connectivity index (χ3n) is 9.42. The zero-order valence-electron chi connectivity index (χ0n) is 21.3. The van der Waals surface area contributed by atoms with Crippen molar-refractivity contribution in [1.82, 2.24) is 10.6 Å². The zero-order chi connectivity index (χ0) is 26.9. The summed E-state index contributed by atoms with van der Waals surface area (Å²) in [5.41, 5.74) is 18.6. The molecule has 0 bridgehead atoms.